The molecule has 7 heteroatoms. The van der Waals surface area contributed by atoms with Crippen LogP contribution in [-0.4, -0.2) is 14.5 Å². The first-order valence-electron chi connectivity index (χ1n) is 11.2. The summed E-state index contributed by atoms with van der Waals surface area (Å²) in [5, 5.41) is 9.65. The van der Waals surface area contributed by atoms with E-state index in [0.717, 1.165) is 46.4 Å². The first-order chi connectivity index (χ1) is 16.5. The summed E-state index contributed by atoms with van der Waals surface area (Å²) < 4.78 is 35.6. The molecule has 0 saturated carbocycles. The number of rotatable bonds is 4. The Morgan fingerprint density at radius 3 is 2.71 bits per heavy atom. The first kappa shape index (κ1) is 21.8. The van der Waals surface area contributed by atoms with Gasteiger partial charge in [0.15, 0.2) is 5.65 Å². The Morgan fingerprint density at radius 2 is 1.91 bits per heavy atom. The molecule has 4 aromatic rings. The zero-order chi connectivity index (χ0) is 23.8. The number of nitriles is 1. The van der Waals surface area contributed by atoms with Crippen LogP contribution < -0.4 is 4.74 Å². The van der Waals surface area contributed by atoms with Gasteiger partial charge in [-0.2, -0.15) is 14.6 Å². The molecule has 2 aromatic carbocycles. The number of aromatic nitrogens is 3. The monoisotopic (exact) mass is 456 g/mol. The van der Waals surface area contributed by atoms with Gasteiger partial charge in [-0.1, -0.05) is 19.1 Å². The number of aryl methyl sites for hydroxylation is 1. The third-order valence-corrected chi connectivity index (χ3v) is 6.05. The van der Waals surface area contributed by atoms with Crippen LogP contribution >= 0.6 is 0 Å². The molecule has 34 heavy (non-hydrogen) atoms. The summed E-state index contributed by atoms with van der Waals surface area (Å²) in [4.78, 5) is 8.50. The molecule has 5 nitrogen and oxygen atoms in total. The number of halogens is 2. The Morgan fingerprint density at radius 1 is 1.09 bits per heavy atom. The second kappa shape index (κ2) is 8.71. The highest BCUT2D eigenvalue weighted by molar-refractivity contribution is 5.88. The average Bonchev–Trinajstić information content (AvgIpc) is 3.06. The van der Waals surface area contributed by atoms with Crippen LogP contribution in [0.15, 0.2) is 54.1 Å². The van der Waals surface area contributed by atoms with E-state index >= 15 is 0 Å². The molecule has 0 amide bonds. The highest BCUT2D eigenvalue weighted by Gasteiger charge is 2.22. The van der Waals surface area contributed by atoms with Crippen molar-refractivity contribution in [2.45, 2.75) is 39.8 Å². The number of ether oxygens (including phenoxy) is 1. The van der Waals surface area contributed by atoms with Crippen molar-refractivity contribution in [3.8, 4) is 11.8 Å². The summed E-state index contributed by atoms with van der Waals surface area (Å²) in [6.07, 6.45) is 1.65. The Hall–Kier alpha value is -4.05. The Kier molecular flexibility index (Phi) is 5.58. The summed E-state index contributed by atoms with van der Waals surface area (Å²) >= 11 is 0. The van der Waals surface area contributed by atoms with Gasteiger partial charge in [-0.25, -0.2) is 9.37 Å². The van der Waals surface area contributed by atoms with Gasteiger partial charge in [0.2, 0.25) is 5.95 Å². The van der Waals surface area contributed by atoms with Crippen molar-refractivity contribution in [1.82, 2.24) is 14.5 Å². The minimum Gasteiger partial charge on any atom is -0.488 e. The van der Waals surface area contributed by atoms with E-state index in [-0.39, 0.29) is 12.4 Å². The maximum Gasteiger partial charge on any atom is 0.215 e. The average molecular weight is 456 g/mol. The highest BCUT2D eigenvalue weighted by Crippen LogP contribution is 2.39. The molecule has 0 saturated heterocycles. The van der Waals surface area contributed by atoms with Gasteiger partial charge in [-0.15, -0.1) is 0 Å². The Bertz CT molecular complexity index is 1500. The predicted molar refractivity (Wildman–Crippen MR) is 125 cm³/mol. The minimum absolute atomic E-state index is 0.251. The van der Waals surface area contributed by atoms with Gasteiger partial charge >= 0.3 is 0 Å². The van der Waals surface area contributed by atoms with Gasteiger partial charge in [-0.05, 0) is 60.4 Å². The maximum atomic E-state index is 13.9. The zero-order valence-electron chi connectivity index (χ0n) is 18.9. The molecule has 0 aliphatic carbocycles. The van der Waals surface area contributed by atoms with E-state index in [2.05, 4.69) is 27.5 Å². The number of imidazole rings is 1. The lowest BCUT2D eigenvalue weighted by Crippen LogP contribution is -2.07. The van der Waals surface area contributed by atoms with Crippen molar-refractivity contribution in [3.63, 3.8) is 0 Å². The van der Waals surface area contributed by atoms with Crippen LogP contribution in [0.1, 0.15) is 48.3 Å². The van der Waals surface area contributed by atoms with Crippen molar-refractivity contribution in [2.24, 2.45) is 0 Å². The Labute approximate surface area is 196 Å². The lowest BCUT2D eigenvalue weighted by molar-refractivity contribution is 0.305. The molecule has 5 rings (SSSR count). The van der Waals surface area contributed by atoms with Gasteiger partial charge in [-0.3, -0.25) is 0 Å². The molecular formula is C27H22F2N4O. The number of pyridine rings is 1. The second-order valence-corrected chi connectivity index (χ2v) is 8.37. The van der Waals surface area contributed by atoms with Crippen LogP contribution in [-0.2, 0) is 19.6 Å². The Balaban J connectivity index is 1.60. The van der Waals surface area contributed by atoms with Crippen molar-refractivity contribution >= 4 is 16.7 Å². The van der Waals surface area contributed by atoms with E-state index in [9.17, 15) is 14.0 Å². The van der Waals surface area contributed by atoms with E-state index in [0.29, 0.717) is 29.1 Å². The van der Waals surface area contributed by atoms with Gasteiger partial charge < -0.3 is 9.30 Å². The lowest BCUT2D eigenvalue weighted by Gasteiger charge is -2.14. The molecule has 0 N–H and O–H groups in total. The summed E-state index contributed by atoms with van der Waals surface area (Å²) in [5.41, 5.74) is 5.96. The van der Waals surface area contributed by atoms with E-state index in [1.165, 1.54) is 18.2 Å². The SMILES string of the molecule is CCCc1nc2nc(F)ccc2n1Cc1ccc2c(c1)COc1cc(F)ccc1C2=C(C)C#N. The van der Waals surface area contributed by atoms with E-state index in [1.54, 1.807) is 19.1 Å². The molecule has 3 heterocycles. The summed E-state index contributed by atoms with van der Waals surface area (Å²) in [6.45, 7) is 4.61. The quantitative estimate of drug-likeness (QED) is 0.281. The fraction of sp³-hybridized carbons (Fsp3) is 0.222. The van der Waals surface area contributed by atoms with Crippen LogP contribution in [0.25, 0.3) is 16.7 Å². The van der Waals surface area contributed by atoms with E-state index < -0.39 is 5.95 Å². The maximum absolute atomic E-state index is 13.9. The third-order valence-electron chi connectivity index (χ3n) is 6.05. The topological polar surface area (TPSA) is 63.7 Å². The number of allylic oxidation sites excluding steroid dienone is 1. The van der Waals surface area contributed by atoms with Crippen molar-refractivity contribution in [2.75, 3.05) is 0 Å². The van der Waals surface area contributed by atoms with Crippen LogP contribution in [0, 0.1) is 23.1 Å². The van der Waals surface area contributed by atoms with Gasteiger partial charge in [0.25, 0.3) is 0 Å². The lowest BCUT2D eigenvalue weighted by atomic mass is 9.90. The highest BCUT2D eigenvalue weighted by atomic mass is 19.1. The van der Waals surface area contributed by atoms with Crippen LogP contribution in [0.5, 0.6) is 5.75 Å². The van der Waals surface area contributed by atoms with E-state index in [4.69, 9.17) is 4.74 Å². The van der Waals surface area contributed by atoms with Crippen LogP contribution in [0.3, 0.4) is 0 Å². The summed E-state index contributed by atoms with van der Waals surface area (Å²) in [7, 11) is 0. The van der Waals surface area contributed by atoms with Gasteiger partial charge in [0.1, 0.15) is 24.0 Å². The summed E-state index contributed by atoms with van der Waals surface area (Å²) in [5.74, 6) is 0.331. The molecule has 0 unspecified atom stereocenters. The molecule has 2 aromatic heterocycles. The summed E-state index contributed by atoms with van der Waals surface area (Å²) in [6, 6.07) is 15.7. The van der Waals surface area contributed by atoms with Crippen molar-refractivity contribution in [3.05, 3.63) is 93.9 Å². The number of hydrogen-bond donors (Lipinski definition) is 0. The minimum atomic E-state index is -0.550. The van der Waals surface area contributed by atoms with Crippen LogP contribution in [0.4, 0.5) is 8.78 Å². The van der Waals surface area contributed by atoms with Crippen molar-refractivity contribution < 1.29 is 13.5 Å². The van der Waals surface area contributed by atoms with E-state index in [1.807, 2.05) is 18.2 Å². The molecule has 0 bridgehead atoms. The normalized spacial score (nSPS) is 14.1. The zero-order valence-corrected chi connectivity index (χ0v) is 18.9. The molecule has 0 radical (unpaired) electrons. The largest absolute Gasteiger partial charge is 0.488 e. The third kappa shape index (κ3) is 3.81. The smallest absolute Gasteiger partial charge is 0.215 e. The van der Waals surface area contributed by atoms with Crippen molar-refractivity contribution in [1.29, 1.82) is 5.26 Å². The van der Waals surface area contributed by atoms with Crippen LogP contribution in [0.2, 0.25) is 0 Å². The molecule has 0 fully saturated rings. The number of benzene rings is 2. The first-order valence-corrected chi connectivity index (χ1v) is 11.2. The predicted octanol–water partition coefficient (Wildman–Crippen LogP) is 5.95. The molecule has 1 aliphatic rings. The fourth-order valence-corrected chi connectivity index (χ4v) is 4.50. The molecular weight excluding hydrogens is 434 g/mol. The number of hydrogen-bond acceptors (Lipinski definition) is 4. The molecule has 0 spiro atoms. The second-order valence-electron chi connectivity index (χ2n) is 8.37. The van der Waals surface area contributed by atoms with Gasteiger partial charge in [0.05, 0.1) is 11.6 Å². The molecule has 0 atom stereocenters. The number of nitrogens with zero attached hydrogens (tertiary/aromatic N) is 4. The standard InChI is InChI=1S/C27H22F2N4O/c1-3-4-25-32-27-22(9-10-24(29)31-27)33(25)14-17-5-7-20-18(11-17)15-34-23-12-19(28)6-8-21(23)26(20)16(2)13-30/h5-12H,3-4,14-15H2,1-2H3. The molecule has 170 valence electrons. The number of fused-ring (bicyclic) bond motifs is 3. The fourth-order valence-electron chi connectivity index (χ4n) is 4.50. The molecule has 1 aliphatic heterocycles. The van der Waals surface area contributed by atoms with Gasteiger partial charge in [0, 0.05) is 35.7 Å².